The first-order valence-corrected chi connectivity index (χ1v) is 8.41. The van der Waals surface area contributed by atoms with Crippen molar-refractivity contribution >= 4 is 12.1 Å². The van der Waals surface area contributed by atoms with Crippen LogP contribution < -0.4 is 4.74 Å². The second-order valence-electron chi connectivity index (χ2n) is 5.68. The third-order valence-electron chi connectivity index (χ3n) is 3.71. The Balaban J connectivity index is 1.59. The first kappa shape index (κ1) is 18.2. The second kappa shape index (κ2) is 9.20. The smallest absolute Gasteiger partial charge is 0.457 e. The van der Waals surface area contributed by atoms with Crippen molar-refractivity contribution in [2.75, 3.05) is 0 Å². The van der Waals surface area contributed by atoms with Gasteiger partial charge in [-0.1, -0.05) is 72.8 Å². The van der Waals surface area contributed by atoms with Crippen LogP contribution in [-0.4, -0.2) is 12.1 Å². The maximum Gasteiger partial charge on any atom is 0.514 e. The minimum Gasteiger partial charge on any atom is -0.457 e. The molecule has 0 N–H and O–H groups in total. The van der Waals surface area contributed by atoms with Crippen LogP contribution in [0.25, 0.3) is 0 Å². The van der Waals surface area contributed by atoms with Gasteiger partial charge in [-0.05, 0) is 23.3 Å². The van der Waals surface area contributed by atoms with E-state index in [0.717, 1.165) is 11.1 Å². The summed E-state index contributed by atoms with van der Waals surface area (Å²) in [6.07, 6.45) is -0.887. The van der Waals surface area contributed by atoms with E-state index in [9.17, 15) is 9.59 Å². The number of esters is 1. The first-order chi connectivity index (χ1) is 13.2. The lowest BCUT2D eigenvalue weighted by Gasteiger charge is -2.10. The summed E-state index contributed by atoms with van der Waals surface area (Å²) in [6, 6.07) is 25.0. The van der Waals surface area contributed by atoms with Gasteiger partial charge in [-0.15, -0.1) is 0 Å². The summed E-state index contributed by atoms with van der Waals surface area (Å²) in [6.45, 7) is 0.215. The van der Waals surface area contributed by atoms with Crippen LogP contribution >= 0.6 is 0 Å². The van der Waals surface area contributed by atoms with Crippen LogP contribution in [0.3, 0.4) is 0 Å². The Hall–Kier alpha value is -3.60. The van der Waals surface area contributed by atoms with Crippen molar-refractivity contribution in [2.45, 2.75) is 13.2 Å². The molecule has 0 saturated carbocycles. The maximum atomic E-state index is 12.3. The van der Waals surface area contributed by atoms with Gasteiger partial charge in [0.25, 0.3) is 0 Å². The zero-order valence-electron chi connectivity index (χ0n) is 14.5. The highest BCUT2D eigenvalue weighted by atomic mass is 16.7. The van der Waals surface area contributed by atoms with Gasteiger partial charge in [-0.2, -0.15) is 0 Å². The molecule has 0 aliphatic rings. The Kier molecular flexibility index (Phi) is 6.20. The van der Waals surface area contributed by atoms with E-state index >= 15 is 0 Å². The van der Waals surface area contributed by atoms with Crippen LogP contribution in [0.5, 0.6) is 5.75 Å². The van der Waals surface area contributed by atoms with Crippen molar-refractivity contribution in [3.63, 3.8) is 0 Å². The molecule has 0 saturated heterocycles. The minimum atomic E-state index is -0.887. The van der Waals surface area contributed by atoms with E-state index in [1.54, 1.807) is 12.1 Å². The lowest BCUT2D eigenvalue weighted by Crippen LogP contribution is -2.14. The predicted molar refractivity (Wildman–Crippen MR) is 99.3 cm³/mol. The number of hydrogen-bond donors (Lipinski definition) is 0. The number of carbonyl (C=O) groups excluding carboxylic acids is 2. The van der Waals surface area contributed by atoms with Gasteiger partial charge in [-0.3, -0.25) is 0 Å². The molecule has 0 bridgehead atoms. The van der Waals surface area contributed by atoms with E-state index in [4.69, 9.17) is 14.2 Å². The molecular weight excluding hydrogens is 344 g/mol. The molecule has 27 heavy (non-hydrogen) atoms. The fraction of sp³-hybridized carbons (Fsp3) is 0.0909. The molecule has 0 unspecified atom stereocenters. The molecule has 3 aromatic carbocycles. The summed E-state index contributed by atoms with van der Waals surface area (Å²) in [5.74, 6) is -0.487. The Morgan fingerprint density at radius 3 is 1.78 bits per heavy atom. The zero-order chi connectivity index (χ0) is 18.9. The van der Waals surface area contributed by atoms with Crippen molar-refractivity contribution in [3.05, 3.63) is 102 Å². The minimum absolute atomic E-state index is 0.0836. The number of rotatable bonds is 6. The molecule has 0 radical (unpaired) electrons. The van der Waals surface area contributed by atoms with Gasteiger partial charge in [0.1, 0.15) is 24.5 Å². The highest BCUT2D eigenvalue weighted by Gasteiger charge is 2.17. The van der Waals surface area contributed by atoms with Crippen molar-refractivity contribution < 1.29 is 23.8 Å². The van der Waals surface area contributed by atoms with Crippen LogP contribution in [0, 0.1) is 0 Å². The largest absolute Gasteiger partial charge is 0.514 e. The lowest BCUT2D eigenvalue weighted by molar-refractivity contribution is 0.0466. The Labute approximate surface area is 157 Å². The molecule has 3 rings (SSSR count). The molecule has 5 nitrogen and oxygen atoms in total. The molecule has 0 aliphatic heterocycles. The summed E-state index contributed by atoms with van der Waals surface area (Å²) >= 11 is 0. The van der Waals surface area contributed by atoms with Crippen molar-refractivity contribution in [1.29, 1.82) is 0 Å². The van der Waals surface area contributed by atoms with E-state index in [1.165, 1.54) is 12.1 Å². The van der Waals surface area contributed by atoms with Gasteiger partial charge in [0.2, 0.25) is 0 Å². The van der Waals surface area contributed by atoms with Gasteiger partial charge < -0.3 is 14.2 Å². The summed E-state index contributed by atoms with van der Waals surface area (Å²) in [5, 5.41) is 0. The molecule has 0 aromatic heterocycles. The maximum absolute atomic E-state index is 12.3. The van der Waals surface area contributed by atoms with Crippen molar-refractivity contribution in [3.8, 4) is 5.75 Å². The lowest BCUT2D eigenvalue weighted by atomic mass is 10.2. The molecule has 136 valence electrons. The first-order valence-electron chi connectivity index (χ1n) is 8.41. The fourth-order valence-electron chi connectivity index (χ4n) is 2.36. The fourth-order valence-corrected chi connectivity index (χ4v) is 2.36. The molecule has 0 aliphatic carbocycles. The highest BCUT2D eigenvalue weighted by Crippen LogP contribution is 2.20. The summed E-state index contributed by atoms with van der Waals surface area (Å²) in [4.78, 5) is 24.3. The SMILES string of the molecule is O=C(OCc1ccccc1)Oc1ccccc1C(=O)OCc1ccccc1. The number of ether oxygens (including phenoxy) is 3. The average molecular weight is 362 g/mol. The number of hydrogen-bond acceptors (Lipinski definition) is 5. The van der Waals surface area contributed by atoms with E-state index in [0.29, 0.717) is 0 Å². The van der Waals surface area contributed by atoms with Crippen molar-refractivity contribution in [2.24, 2.45) is 0 Å². The Bertz CT molecular complexity index is 891. The summed E-state index contributed by atoms with van der Waals surface area (Å²) in [5.41, 5.74) is 1.86. The van der Waals surface area contributed by atoms with Crippen LogP contribution in [0.15, 0.2) is 84.9 Å². The molecule has 0 atom stereocenters. The summed E-state index contributed by atoms with van der Waals surface area (Å²) < 4.78 is 15.6. The van der Waals surface area contributed by atoms with Gasteiger partial charge >= 0.3 is 12.1 Å². The number of benzene rings is 3. The molecule has 0 fully saturated rings. The summed E-state index contributed by atoms with van der Waals surface area (Å²) in [7, 11) is 0. The van der Waals surface area contributed by atoms with Gasteiger partial charge in [0.15, 0.2) is 0 Å². The van der Waals surface area contributed by atoms with Crippen molar-refractivity contribution in [1.82, 2.24) is 0 Å². The van der Waals surface area contributed by atoms with E-state index < -0.39 is 12.1 Å². The van der Waals surface area contributed by atoms with Crippen LogP contribution in [-0.2, 0) is 22.7 Å². The normalized spacial score (nSPS) is 10.1. The third kappa shape index (κ3) is 5.44. The van der Waals surface area contributed by atoms with Gasteiger partial charge in [-0.25, -0.2) is 9.59 Å². The van der Waals surface area contributed by atoms with Gasteiger partial charge in [0, 0.05) is 0 Å². The number of para-hydroxylation sites is 1. The van der Waals surface area contributed by atoms with E-state index in [1.807, 2.05) is 60.7 Å². The van der Waals surface area contributed by atoms with E-state index in [2.05, 4.69) is 0 Å². The predicted octanol–water partition coefficient (Wildman–Crippen LogP) is 4.76. The van der Waals surface area contributed by atoms with Crippen LogP contribution in [0.4, 0.5) is 4.79 Å². The molecule has 3 aromatic rings. The Morgan fingerprint density at radius 1 is 0.630 bits per heavy atom. The average Bonchev–Trinajstić information content (AvgIpc) is 2.72. The molecular formula is C22H18O5. The van der Waals surface area contributed by atoms with Crippen LogP contribution in [0.2, 0.25) is 0 Å². The quantitative estimate of drug-likeness (QED) is 0.467. The standard InChI is InChI=1S/C22H18O5/c23-21(25-15-17-9-3-1-4-10-17)19-13-7-8-14-20(19)27-22(24)26-16-18-11-5-2-6-12-18/h1-14H,15-16H2. The zero-order valence-corrected chi connectivity index (χ0v) is 14.5. The molecule has 0 spiro atoms. The van der Waals surface area contributed by atoms with Gasteiger partial charge in [0.05, 0.1) is 0 Å². The monoisotopic (exact) mass is 362 g/mol. The van der Waals surface area contributed by atoms with E-state index in [-0.39, 0.29) is 24.5 Å². The molecule has 0 heterocycles. The number of carbonyl (C=O) groups is 2. The Morgan fingerprint density at radius 2 is 1.15 bits per heavy atom. The molecule has 0 amide bonds. The topological polar surface area (TPSA) is 61.8 Å². The highest BCUT2D eigenvalue weighted by molar-refractivity contribution is 5.93. The molecule has 5 heteroatoms. The third-order valence-corrected chi connectivity index (χ3v) is 3.71. The van der Waals surface area contributed by atoms with Crippen LogP contribution in [0.1, 0.15) is 21.5 Å². The second-order valence-corrected chi connectivity index (χ2v) is 5.68.